The van der Waals surface area contributed by atoms with Crippen LogP contribution in [0.3, 0.4) is 0 Å². The van der Waals surface area contributed by atoms with E-state index in [9.17, 15) is 4.79 Å². The van der Waals surface area contributed by atoms with Crippen molar-refractivity contribution in [2.75, 3.05) is 13.1 Å². The van der Waals surface area contributed by atoms with Crippen LogP contribution in [-0.4, -0.2) is 29.9 Å². The molecule has 0 aliphatic carbocycles. The first-order valence-electron chi connectivity index (χ1n) is 6.78. The van der Waals surface area contributed by atoms with Gasteiger partial charge in [0, 0.05) is 23.9 Å². The molecule has 0 unspecified atom stereocenters. The molecule has 0 saturated heterocycles. The molecule has 0 radical (unpaired) electrons. The average Bonchev–Trinajstić information content (AvgIpc) is 2.76. The van der Waals surface area contributed by atoms with Crippen LogP contribution in [0.2, 0.25) is 0 Å². The van der Waals surface area contributed by atoms with E-state index >= 15 is 0 Å². The van der Waals surface area contributed by atoms with Gasteiger partial charge in [0.2, 0.25) is 5.91 Å². The van der Waals surface area contributed by atoms with Crippen LogP contribution in [0.25, 0.3) is 0 Å². The smallest absolute Gasteiger partial charge is 0.222 e. The molecule has 108 valence electrons. The summed E-state index contributed by atoms with van der Waals surface area (Å²) in [5.41, 5.74) is 0. The fourth-order valence-corrected chi connectivity index (χ4v) is 3.29. The average molecular weight is 347 g/mol. The molecule has 5 heteroatoms. The van der Waals surface area contributed by atoms with Gasteiger partial charge in [-0.1, -0.05) is 13.8 Å². The normalized spacial score (nSPS) is 11.0. The number of carbonyl (C=O) groups excluding carboxylic acids is 1. The van der Waals surface area contributed by atoms with Gasteiger partial charge in [0.1, 0.15) is 0 Å². The minimum Gasteiger partial charge on any atom is -0.338 e. The van der Waals surface area contributed by atoms with Crippen LogP contribution in [0, 0.1) is 0 Å². The molecule has 0 aromatic carbocycles. The zero-order chi connectivity index (χ0) is 14.3. The van der Waals surface area contributed by atoms with Crippen molar-refractivity contribution in [2.24, 2.45) is 0 Å². The lowest BCUT2D eigenvalue weighted by Gasteiger charge is -2.20. The number of amides is 1. The number of halogens is 1. The van der Waals surface area contributed by atoms with Crippen LogP contribution in [0.1, 0.15) is 38.5 Å². The molecule has 0 spiro atoms. The molecule has 0 saturated carbocycles. The van der Waals surface area contributed by atoms with Crippen molar-refractivity contribution in [3.63, 3.8) is 0 Å². The number of hydrogen-bond donors (Lipinski definition) is 1. The summed E-state index contributed by atoms with van der Waals surface area (Å²) < 4.78 is 1.12. The van der Waals surface area contributed by atoms with E-state index in [0.717, 1.165) is 29.8 Å². The third kappa shape index (κ3) is 6.54. The predicted octanol–water partition coefficient (Wildman–Crippen LogP) is 3.64. The van der Waals surface area contributed by atoms with Gasteiger partial charge < -0.3 is 10.2 Å². The lowest BCUT2D eigenvalue weighted by Crippen LogP contribution is -2.31. The Kier molecular flexibility index (Phi) is 7.64. The summed E-state index contributed by atoms with van der Waals surface area (Å²) in [6, 6.07) is 4.59. The third-order valence-electron chi connectivity index (χ3n) is 2.83. The molecule has 0 aliphatic rings. The highest BCUT2D eigenvalue weighted by Crippen LogP contribution is 2.23. The van der Waals surface area contributed by atoms with Crippen molar-refractivity contribution in [3.05, 3.63) is 20.8 Å². The molecule has 1 aromatic rings. The second-order valence-corrected chi connectivity index (χ2v) is 7.37. The number of nitrogens with one attached hydrogen (secondary N) is 1. The van der Waals surface area contributed by atoms with E-state index in [4.69, 9.17) is 0 Å². The molecule has 1 rings (SSSR count). The molecule has 0 fully saturated rings. The van der Waals surface area contributed by atoms with Gasteiger partial charge in [-0.05, 0) is 48.0 Å². The Morgan fingerprint density at radius 2 is 2.21 bits per heavy atom. The SMILES string of the molecule is CCN(Cc1ccc(Br)s1)C(=O)CCCNC(C)C. The number of hydrogen-bond acceptors (Lipinski definition) is 3. The molecule has 0 bridgehead atoms. The molecule has 1 aromatic heterocycles. The van der Waals surface area contributed by atoms with Crippen LogP contribution in [0.15, 0.2) is 15.9 Å². The van der Waals surface area contributed by atoms with Gasteiger partial charge in [0.15, 0.2) is 0 Å². The zero-order valence-electron chi connectivity index (χ0n) is 11.9. The summed E-state index contributed by atoms with van der Waals surface area (Å²) >= 11 is 5.14. The highest BCUT2D eigenvalue weighted by molar-refractivity contribution is 9.11. The molecule has 3 nitrogen and oxygen atoms in total. The van der Waals surface area contributed by atoms with Crippen LogP contribution < -0.4 is 5.32 Å². The Balaban J connectivity index is 2.35. The number of thiophene rings is 1. The lowest BCUT2D eigenvalue weighted by molar-refractivity contribution is -0.131. The van der Waals surface area contributed by atoms with Crippen LogP contribution in [-0.2, 0) is 11.3 Å². The second kappa shape index (κ2) is 8.72. The molecule has 0 aliphatic heterocycles. The van der Waals surface area contributed by atoms with E-state index in [1.165, 1.54) is 4.88 Å². The van der Waals surface area contributed by atoms with E-state index in [0.29, 0.717) is 12.5 Å². The van der Waals surface area contributed by atoms with Crippen molar-refractivity contribution in [2.45, 2.75) is 46.2 Å². The summed E-state index contributed by atoms with van der Waals surface area (Å²) in [7, 11) is 0. The van der Waals surface area contributed by atoms with Crippen molar-refractivity contribution in [3.8, 4) is 0 Å². The third-order valence-corrected chi connectivity index (χ3v) is 4.44. The minimum absolute atomic E-state index is 0.248. The Labute approximate surface area is 128 Å². The van der Waals surface area contributed by atoms with E-state index in [1.54, 1.807) is 11.3 Å². The van der Waals surface area contributed by atoms with Gasteiger partial charge in [-0.25, -0.2) is 0 Å². The topological polar surface area (TPSA) is 32.3 Å². The maximum atomic E-state index is 12.1. The van der Waals surface area contributed by atoms with E-state index in [1.807, 2.05) is 17.9 Å². The summed E-state index contributed by atoms with van der Waals surface area (Å²) in [5.74, 6) is 0.248. The zero-order valence-corrected chi connectivity index (χ0v) is 14.3. The van der Waals surface area contributed by atoms with Crippen LogP contribution in [0.5, 0.6) is 0 Å². The number of carbonyl (C=O) groups is 1. The first-order valence-corrected chi connectivity index (χ1v) is 8.39. The van der Waals surface area contributed by atoms with Gasteiger partial charge in [0.25, 0.3) is 0 Å². The lowest BCUT2D eigenvalue weighted by atomic mass is 10.2. The molecule has 19 heavy (non-hydrogen) atoms. The van der Waals surface area contributed by atoms with Crippen LogP contribution in [0.4, 0.5) is 0 Å². The van der Waals surface area contributed by atoms with Gasteiger partial charge >= 0.3 is 0 Å². The molecular weight excluding hydrogens is 324 g/mol. The van der Waals surface area contributed by atoms with E-state index < -0.39 is 0 Å². The first kappa shape index (κ1) is 16.7. The summed E-state index contributed by atoms with van der Waals surface area (Å²) in [6.45, 7) is 8.68. The Bertz CT molecular complexity index is 393. The first-order chi connectivity index (χ1) is 9.02. The molecule has 1 N–H and O–H groups in total. The Morgan fingerprint density at radius 3 is 2.74 bits per heavy atom. The van der Waals surface area contributed by atoms with Gasteiger partial charge in [-0.15, -0.1) is 11.3 Å². The van der Waals surface area contributed by atoms with E-state index in [-0.39, 0.29) is 5.91 Å². The van der Waals surface area contributed by atoms with Gasteiger partial charge in [0.05, 0.1) is 10.3 Å². The molecule has 0 atom stereocenters. The summed E-state index contributed by atoms with van der Waals surface area (Å²) in [4.78, 5) is 15.3. The second-order valence-electron chi connectivity index (χ2n) is 4.83. The van der Waals surface area contributed by atoms with Gasteiger partial charge in [-0.2, -0.15) is 0 Å². The van der Waals surface area contributed by atoms with Gasteiger partial charge in [-0.3, -0.25) is 4.79 Å². The Hall–Kier alpha value is -0.390. The Morgan fingerprint density at radius 1 is 1.47 bits per heavy atom. The van der Waals surface area contributed by atoms with Crippen molar-refractivity contribution >= 4 is 33.2 Å². The van der Waals surface area contributed by atoms with Crippen LogP contribution >= 0.6 is 27.3 Å². The standard InChI is InChI=1S/C14H23BrN2OS/c1-4-17(10-12-7-8-13(15)19-12)14(18)6-5-9-16-11(2)3/h7-8,11,16H,4-6,9-10H2,1-3H3. The van der Waals surface area contributed by atoms with E-state index in [2.05, 4.69) is 41.2 Å². The maximum absolute atomic E-state index is 12.1. The van der Waals surface area contributed by atoms with Crippen molar-refractivity contribution < 1.29 is 4.79 Å². The fourth-order valence-electron chi connectivity index (χ4n) is 1.79. The molecule has 1 heterocycles. The fraction of sp³-hybridized carbons (Fsp3) is 0.643. The number of rotatable bonds is 8. The highest BCUT2D eigenvalue weighted by atomic mass is 79.9. The van der Waals surface area contributed by atoms with Crippen molar-refractivity contribution in [1.82, 2.24) is 10.2 Å². The quantitative estimate of drug-likeness (QED) is 0.728. The number of nitrogens with zero attached hydrogens (tertiary/aromatic N) is 1. The van der Waals surface area contributed by atoms with Crippen molar-refractivity contribution in [1.29, 1.82) is 0 Å². The molecular formula is C14H23BrN2OS. The summed E-state index contributed by atoms with van der Waals surface area (Å²) in [5, 5.41) is 3.34. The minimum atomic E-state index is 0.248. The highest BCUT2D eigenvalue weighted by Gasteiger charge is 2.12. The predicted molar refractivity (Wildman–Crippen MR) is 85.5 cm³/mol. The monoisotopic (exact) mass is 346 g/mol. The maximum Gasteiger partial charge on any atom is 0.222 e. The largest absolute Gasteiger partial charge is 0.338 e. The molecule has 1 amide bonds. The summed E-state index contributed by atoms with van der Waals surface area (Å²) in [6.07, 6.45) is 1.53.